The lowest BCUT2D eigenvalue weighted by Gasteiger charge is -2.11. The molecule has 0 spiro atoms. The number of aromatic nitrogens is 3. The number of fused-ring (bicyclic) bond motifs is 1. The maximum Gasteiger partial charge on any atom is 0.268 e. The molecule has 0 atom stereocenters. The summed E-state index contributed by atoms with van der Waals surface area (Å²) in [5.74, 6) is -1.69. The Bertz CT molecular complexity index is 2120. The van der Waals surface area contributed by atoms with Gasteiger partial charge in [0, 0.05) is 62.3 Å². The predicted octanol–water partition coefficient (Wildman–Crippen LogP) is 7.22. The number of amides is 1. The van der Waals surface area contributed by atoms with Crippen LogP contribution in [0, 0.1) is 11.6 Å². The molecular weight excluding hydrogens is 648 g/mol. The summed E-state index contributed by atoms with van der Waals surface area (Å²) in [4.78, 5) is 36.0. The molecule has 1 amide bonds. The number of halogens is 3. The van der Waals surface area contributed by atoms with E-state index in [1.165, 1.54) is 60.0 Å². The second-order valence-electron chi connectivity index (χ2n) is 10.3. The molecule has 0 radical (unpaired) electrons. The van der Waals surface area contributed by atoms with Crippen LogP contribution >= 0.6 is 22.9 Å². The number of methoxy groups -OCH3 is 1. The highest BCUT2D eigenvalue weighted by Crippen LogP contribution is 2.39. The molecule has 0 aliphatic heterocycles. The van der Waals surface area contributed by atoms with E-state index in [1.807, 2.05) is 24.4 Å². The standard InChI is InChI=1S/C34H26ClF2N5O4S/c1-45-13-12-38-17-20-2-8-27(40-18-20)31-16-28-32(47-31)30(10-11-39-28)46-29-9-5-23(15-26(29)37)41-33(43)25-14-21(35)19-42(34(25)44)24-6-3-22(36)4-7-24/h2-11,14-16,18-19,38H,12-13,17H2,1H3,(H,41,43). The number of hydrogen-bond donors (Lipinski definition) is 2. The van der Waals surface area contributed by atoms with Gasteiger partial charge in [0.15, 0.2) is 11.6 Å². The summed E-state index contributed by atoms with van der Waals surface area (Å²) in [6, 6.07) is 17.7. The van der Waals surface area contributed by atoms with Crippen LogP contribution < -0.4 is 20.9 Å². The van der Waals surface area contributed by atoms with Crippen molar-refractivity contribution < 1.29 is 23.0 Å². The van der Waals surface area contributed by atoms with Gasteiger partial charge < -0.3 is 20.1 Å². The third-order valence-electron chi connectivity index (χ3n) is 7.01. The summed E-state index contributed by atoms with van der Waals surface area (Å²) in [7, 11) is 1.66. The molecule has 6 aromatic rings. The van der Waals surface area contributed by atoms with Crippen LogP contribution in [0.5, 0.6) is 11.5 Å². The molecule has 0 bridgehead atoms. The highest BCUT2D eigenvalue weighted by atomic mass is 35.5. The van der Waals surface area contributed by atoms with E-state index >= 15 is 4.39 Å². The van der Waals surface area contributed by atoms with Gasteiger partial charge in [0.1, 0.15) is 17.1 Å². The monoisotopic (exact) mass is 673 g/mol. The maximum absolute atomic E-state index is 15.3. The van der Waals surface area contributed by atoms with Crippen LogP contribution in [0.1, 0.15) is 15.9 Å². The molecule has 0 aliphatic carbocycles. The zero-order valence-electron chi connectivity index (χ0n) is 24.8. The van der Waals surface area contributed by atoms with Gasteiger partial charge in [0.25, 0.3) is 11.5 Å². The van der Waals surface area contributed by atoms with Crippen molar-refractivity contribution in [2.45, 2.75) is 6.54 Å². The molecule has 6 rings (SSSR count). The van der Waals surface area contributed by atoms with Gasteiger partial charge in [-0.25, -0.2) is 8.78 Å². The van der Waals surface area contributed by atoms with Crippen molar-refractivity contribution in [1.29, 1.82) is 0 Å². The molecule has 0 unspecified atom stereocenters. The minimum atomic E-state index is -0.799. The van der Waals surface area contributed by atoms with Crippen LogP contribution in [0.4, 0.5) is 14.5 Å². The third-order valence-corrected chi connectivity index (χ3v) is 8.38. The number of thiophene rings is 1. The molecule has 2 aromatic carbocycles. The number of pyridine rings is 3. The Hall–Kier alpha value is -5.01. The van der Waals surface area contributed by atoms with Gasteiger partial charge >= 0.3 is 0 Å². The molecule has 4 aromatic heterocycles. The molecule has 2 N–H and O–H groups in total. The molecule has 0 fully saturated rings. The lowest BCUT2D eigenvalue weighted by atomic mass is 10.2. The summed E-state index contributed by atoms with van der Waals surface area (Å²) >= 11 is 7.60. The zero-order valence-corrected chi connectivity index (χ0v) is 26.4. The van der Waals surface area contributed by atoms with Crippen LogP contribution in [0.3, 0.4) is 0 Å². The Morgan fingerprint density at radius 2 is 1.83 bits per heavy atom. The number of hydrogen-bond acceptors (Lipinski definition) is 8. The molecule has 13 heteroatoms. The first kappa shape index (κ1) is 32.0. The number of nitrogens with one attached hydrogen (secondary N) is 2. The van der Waals surface area contributed by atoms with E-state index in [1.54, 1.807) is 19.4 Å². The fourth-order valence-electron chi connectivity index (χ4n) is 4.69. The summed E-state index contributed by atoms with van der Waals surface area (Å²) in [5.41, 5.74) is 1.93. The molecule has 4 heterocycles. The van der Waals surface area contributed by atoms with Crippen molar-refractivity contribution in [3.63, 3.8) is 0 Å². The third kappa shape index (κ3) is 7.36. The first-order chi connectivity index (χ1) is 22.8. The summed E-state index contributed by atoms with van der Waals surface area (Å²) in [5, 5.41) is 5.92. The van der Waals surface area contributed by atoms with Crippen molar-refractivity contribution in [2.24, 2.45) is 0 Å². The van der Waals surface area contributed by atoms with E-state index in [2.05, 4.69) is 20.6 Å². The summed E-state index contributed by atoms with van der Waals surface area (Å²) in [6.07, 6.45) is 4.71. The Balaban J connectivity index is 1.17. The van der Waals surface area contributed by atoms with E-state index in [0.29, 0.717) is 34.8 Å². The number of anilines is 1. The van der Waals surface area contributed by atoms with Gasteiger partial charge in [-0.05, 0) is 60.2 Å². The second kappa shape index (κ2) is 14.2. The Labute approximate surface area is 276 Å². The Morgan fingerprint density at radius 3 is 2.57 bits per heavy atom. The first-order valence-electron chi connectivity index (χ1n) is 14.3. The van der Waals surface area contributed by atoms with Crippen LogP contribution in [0.25, 0.3) is 26.5 Å². The Morgan fingerprint density at radius 1 is 1.00 bits per heavy atom. The van der Waals surface area contributed by atoms with E-state index in [0.717, 1.165) is 33.3 Å². The van der Waals surface area contributed by atoms with E-state index in [4.69, 9.17) is 21.1 Å². The average molecular weight is 674 g/mol. The fraction of sp³-hybridized carbons (Fsp3) is 0.118. The number of ether oxygens (including phenoxy) is 2. The van der Waals surface area contributed by atoms with E-state index < -0.39 is 23.1 Å². The normalized spacial score (nSPS) is 11.1. The van der Waals surface area contributed by atoms with Gasteiger partial charge in [0.2, 0.25) is 0 Å². The molecule has 238 valence electrons. The highest BCUT2D eigenvalue weighted by Gasteiger charge is 2.18. The average Bonchev–Trinajstić information content (AvgIpc) is 3.51. The van der Waals surface area contributed by atoms with Crippen molar-refractivity contribution in [2.75, 3.05) is 25.6 Å². The molecule has 9 nitrogen and oxygen atoms in total. The zero-order chi connectivity index (χ0) is 32.9. The fourth-order valence-corrected chi connectivity index (χ4v) is 5.94. The maximum atomic E-state index is 15.3. The van der Waals surface area contributed by atoms with Gasteiger partial charge in [-0.1, -0.05) is 17.7 Å². The second-order valence-corrected chi connectivity index (χ2v) is 11.8. The molecular formula is C34H26ClF2N5O4S. The predicted molar refractivity (Wildman–Crippen MR) is 178 cm³/mol. The van der Waals surface area contributed by atoms with Gasteiger partial charge in [0.05, 0.1) is 32.4 Å². The minimum absolute atomic E-state index is 0.0738. The minimum Gasteiger partial charge on any atom is -0.453 e. The van der Waals surface area contributed by atoms with Gasteiger partial charge in [-0.15, -0.1) is 11.3 Å². The van der Waals surface area contributed by atoms with Gasteiger partial charge in [-0.2, -0.15) is 0 Å². The van der Waals surface area contributed by atoms with Crippen LogP contribution in [0.2, 0.25) is 5.02 Å². The molecule has 0 aliphatic rings. The lowest BCUT2D eigenvalue weighted by Crippen LogP contribution is -2.28. The van der Waals surface area contributed by atoms with Crippen molar-refractivity contribution in [1.82, 2.24) is 19.9 Å². The summed E-state index contributed by atoms with van der Waals surface area (Å²) in [6.45, 7) is 2.05. The van der Waals surface area contributed by atoms with E-state index in [-0.39, 0.29) is 22.0 Å². The molecule has 0 saturated heterocycles. The van der Waals surface area contributed by atoms with Crippen LogP contribution in [-0.2, 0) is 11.3 Å². The SMILES string of the molecule is COCCNCc1ccc(-c2cc3nccc(Oc4ccc(NC(=O)c5cc(Cl)cn(-c6ccc(F)cc6)c5=O)cc4F)c3s2)nc1. The number of benzene rings is 2. The van der Waals surface area contributed by atoms with Crippen molar-refractivity contribution in [3.05, 3.63) is 130 Å². The van der Waals surface area contributed by atoms with Crippen LogP contribution in [-0.4, -0.2) is 40.7 Å². The Kier molecular flexibility index (Phi) is 9.64. The summed E-state index contributed by atoms with van der Waals surface area (Å²) < 4.78 is 41.5. The number of carbonyl (C=O) groups excluding carboxylic acids is 1. The lowest BCUT2D eigenvalue weighted by molar-refractivity contribution is 0.102. The van der Waals surface area contributed by atoms with Crippen LogP contribution in [0.15, 0.2) is 96.2 Å². The van der Waals surface area contributed by atoms with E-state index in [9.17, 15) is 14.0 Å². The topological polar surface area (TPSA) is 107 Å². The largest absolute Gasteiger partial charge is 0.453 e. The van der Waals surface area contributed by atoms with Crippen molar-refractivity contribution >= 4 is 44.7 Å². The van der Waals surface area contributed by atoms with Crippen molar-refractivity contribution in [3.8, 4) is 27.8 Å². The highest BCUT2D eigenvalue weighted by molar-refractivity contribution is 7.22. The number of rotatable bonds is 11. The quantitative estimate of drug-likeness (QED) is 0.140. The van der Waals surface area contributed by atoms with Gasteiger partial charge in [-0.3, -0.25) is 24.1 Å². The molecule has 0 saturated carbocycles. The number of nitrogens with zero attached hydrogens (tertiary/aromatic N) is 3. The molecule has 47 heavy (non-hydrogen) atoms. The number of carbonyl (C=O) groups is 1. The smallest absolute Gasteiger partial charge is 0.268 e. The first-order valence-corrected chi connectivity index (χ1v) is 15.5.